The van der Waals surface area contributed by atoms with E-state index in [9.17, 15) is 0 Å². The predicted molar refractivity (Wildman–Crippen MR) is 88.9 cm³/mol. The van der Waals surface area contributed by atoms with Crippen LogP contribution in [0.2, 0.25) is 0 Å². The van der Waals surface area contributed by atoms with Crippen molar-refractivity contribution >= 4 is 11.8 Å². The third kappa shape index (κ3) is 4.56. The van der Waals surface area contributed by atoms with Crippen LogP contribution >= 0.6 is 11.8 Å². The Morgan fingerprint density at radius 1 is 0.842 bits per heavy atom. The molecule has 0 N–H and O–H groups in total. The molecule has 19 heavy (non-hydrogen) atoms. The maximum atomic E-state index is 2.46. The average Bonchev–Trinajstić information content (AvgIpc) is 2.47. The number of thioether (sulfide) groups is 1. The first-order chi connectivity index (χ1) is 9.03. The molecule has 108 valence electrons. The van der Waals surface area contributed by atoms with E-state index in [4.69, 9.17) is 0 Å². The molecule has 0 radical (unpaired) electrons. The molecular weight excluding hydrogens is 248 g/mol. The summed E-state index contributed by atoms with van der Waals surface area (Å²) in [5, 5.41) is 0. The third-order valence-corrected chi connectivity index (χ3v) is 6.48. The third-order valence-electron chi connectivity index (χ3n) is 4.82. The summed E-state index contributed by atoms with van der Waals surface area (Å²) in [4.78, 5) is 1.42. The second-order valence-corrected chi connectivity index (χ2v) is 7.54. The summed E-state index contributed by atoms with van der Waals surface area (Å²) < 4.78 is 0.391. The SMILES string of the molecule is CCC(C)(CC)CC(CC)(CC)Sc1ccccc1. The van der Waals surface area contributed by atoms with Gasteiger partial charge in [-0.1, -0.05) is 65.7 Å². The Bertz CT molecular complexity index is 347. The smallest absolute Gasteiger partial charge is 0.0207 e. The molecule has 0 saturated carbocycles. The van der Waals surface area contributed by atoms with Gasteiger partial charge < -0.3 is 0 Å². The molecule has 0 aromatic heterocycles. The Morgan fingerprint density at radius 2 is 1.37 bits per heavy atom. The number of rotatable bonds is 8. The number of hydrogen-bond acceptors (Lipinski definition) is 1. The van der Waals surface area contributed by atoms with Crippen molar-refractivity contribution in [3.05, 3.63) is 30.3 Å². The molecule has 1 aromatic rings. The van der Waals surface area contributed by atoms with Crippen LogP contribution in [0, 0.1) is 5.41 Å². The highest BCUT2D eigenvalue weighted by atomic mass is 32.2. The molecule has 0 saturated heterocycles. The normalized spacial score (nSPS) is 12.7. The molecule has 0 aliphatic heterocycles. The molecule has 0 bridgehead atoms. The van der Waals surface area contributed by atoms with Gasteiger partial charge in [0, 0.05) is 9.64 Å². The van der Waals surface area contributed by atoms with E-state index >= 15 is 0 Å². The van der Waals surface area contributed by atoms with E-state index in [2.05, 4.69) is 76.7 Å². The summed E-state index contributed by atoms with van der Waals surface area (Å²) in [6.07, 6.45) is 6.37. The lowest BCUT2D eigenvalue weighted by Gasteiger charge is -2.40. The molecule has 0 aliphatic carbocycles. The van der Waals surface area contributed by atoms with Crippen molar-refractivity contribution < 1.29 is 0 Å². The lowest BCUT2D eigenvalue weighted by atomic mass is 9.75. The van der Waals surface area contributed by atoms with Crippen LogP contribution in [0.3, 0.4) is 0 Å². The first kappa shape index (κ1) is 16.6. The highest BCUT2D eigenvalue weighted by Crippen LogP contribution is 2.48. The molecule has 1 heteroatoms. The van der Waals surface area contributed by atoms with Crippen LogP contribution in [0.1, 0.15) is 66.7 Å². The van der Waals surface area contributed by atoms with Gasteiger partial charge >= 0.3 is 0 Å². The molecule has 0 spiro atoms. The van der Waals surface area contributed by atoms with Crippen molar-refractivity contribution in [1.29, 1.82) is 0 Å². The van der Waals surface area contributed by atoms with Gasteiger partial charge in [-0.15, -0.1) is 11.8 Å². The van der Waals surface area contributed by atoms with Crippen molar-refractivity contribution in [3.8, 4) is 0 Å². The van der Waals surface area contributed by atoms with Crippen LogP contribution in [0.5, 0.6) is 0 Å². The Kier molecular flexibility index (Phi) is 6.46. The lowest BCUT2D eigenvalue weighted by molar-refractivity contribution is 0.230. The Labute approximate surface area is 124 Å². The number of benzene rings is 1. The lowest BCUT2D eigenvalue weighted by Crippen LogP contribution is -2.31. The zero-order valence-electron chi connectivity index (χ0n) is 13.3. The van der Waals surface area contributed by atoms with Gasteiger partial charge in [-0.05, 0) is 36.8 Å². The highest BCUT2D eigenvalue weighted by molar-refractivity contribution is 8.00. The number of hydrogen-bond donors (Lipinski definition) is 0. The molecule has 0 nitrogen and oxygen atoms in total. The van der Waals surface area contributed by atoms with Gasteiger partial charge in [0.1, 0.15) is 0 Å². The van der Waals surface area contributed by atoms with E-state index in [0.717, 1.165) is 0 Å². The van der Waals surface area contributed by atoms with E-state index in [1.807, 2.05) is 0 Å². The summed E-state index contributed by atoms with van der Waals surface area (Å²) in [7, 11) is 0. The Balaban J connectivity index is 2.91. The monoisotopic (exact) mass is 278 g/mol. The Hall–Kier alpha value is -0.430. The van der Waals surface area contributed by atoms with E-state index in [-0.39, 0.29) is 0 Å². The maximum absolute atomic E-state index is 2.46. The molecule has 0 atom stereocenters. The summed E-state index contributed by atoms with van der Waals surface area (Å²) in [6, 6.07) is 10.9. The minimum absolute atomic E-state index is 0.391. The van der Waals surface area contributed by atoms with Gasteiger partial charge in [-0.25, -0.2) is 0 Å². The van der Waals surface area contributed by atoms with Crippen LogP contribution in [-0.4, -0.2) is 4.75 Å². The van der Waals surface area contributed by atoms with Gasteiger partial charge in [-0.3, -0.25) is 0 Å². The molecule has 0 amide bonds. The van der Waals surface area contributed by atoms with Gasteiger partial charge in [0.25, 0.3) is 0 Å². The molecule has 1 aromatic carbocycles. The van der Waals surface area contributed by atoms with Crippen molar-refractivity contribution in [2.24, 2.45) is 5.41 Å². The first-order valence-corrected chi connectivity index (χ1v) is 8.59. The van der Waals surface area contributed by atoms with Crippen molar-refractivity contribution in [2.75, 3.05) is 0 Å². The molecular formula is C18H30S. The maximum Gasteiger partial charge on any atom is 0.0207 e. The average molecular weight is 279 g/mol. The topological polar surface area (TPSA) is 0 Å². The second kappa shape index (κ2) is 7.38. The van der Waals surface area contributed by atoms with E-state index in [1.54, 1.807) is 0 Å². The Morgan fingerprint density at radius 3 is 1.79 bits per heavy atom. The summed E-state index contributed by atoms with van der Waals surface area (Å²) in [5.41, 5.74) is 0.480. The van der Waals surface area contributed by atoms with E-state index < -0.39 is 0 Å². The highest BCUT2D eigenvalue weighted by Gasteiger charge is 2.35. The second-order valence-electron chi connectivity index (χ2n) is 6.00. The van der Waals surface area contributed by atoms with Gasteiger partial charge in [0.15, 0.2) is 0 Å². The fraction of sp³-hybridized carbons (Fsp3) is 0.667. The van der Waals surface area contributed by atoms with Crippen molar-refractivity contribution in [1.82, 2.24) is 0 Å². The van der Waals surface area contributed by atoms with Crippen LogP contribution in [0.4, 0.5) is 0 Å². The zero-order chi connectivity index (χ0) is 14.4. The van der Waals surface area contributed by atoms with Crippen LogP contribution in [0.15, 0.2) is 35.2 Å². The van der Waals surface area contributed by atoms with Crippen LogP contribution < -0.4 is 0 Å². The standard InChI is InChI=1S/C18H30S/c1-6-17(5,7-2)15-18(8-3,9-4)19-16-13-11-10-12-14-16/h10-14H,6-9,15H2,1-5H3. The van der Waals surface area contributed by atoms with Crippen LogP contribution in [-0.2, 0) is 0 Å². The largest absolute Gasteiger partial charge is 0.119 e. The van der Waals surface area contributed by atoms with E-state index in [0.29, 0.717) is 10.2 Å². The minimum Gasteiger partial charge on any atom is -0.119 e. The summed E-state index contributed by atoms with van der Waals surface area (Å²) in [6.45, 7) is 11.8. The van der Waals surface area contributed by atoms with Gasteiger partial charge in [0.05, 0.1) is 0 Å². The quantitative estimate of drug-likeness (QED) is 0.486. The fourth-order valence-corrected chi connectivity index (χ4v) is 4.20. The molecule has 0 unspecified atom stereocenters. The van der Waals surface area contributed by atoms with Crippen molar-refractivity contribution in [2.45, 2.75) is 76.4 Å². The van der Waals surface area contributed by atoms with Gasteiger partial charge in [-0.2, -0.15) is 0 Å². The summed E-state index contributed by atoms with van der Waals surface area (Å²) >= 11 is 2.09. The fourth-order valence-electron chi connectivity index (χ4n) is 2.70. The molecule has 0 aliphatic rings. The van der Waals surface area contributed by atoms with Crippen LogP contribution in [0.25, 0.3) is 0 Å². The first-order valence-electron chi connectivity index (χ1n) is 7.77. The summed E-state index contributed by atoms with van der Waals surface area (Å²) in [5.74, 6) is 0. The molecule has 1 rings (SSSR count). The van der Waals surface area contributed by atoms with Gasteiger partial charge in [0.2, 0.25) is 0 Å². The van der Waals surface area contributed by atoms with Crippen molar-refractivity contribution in [3.63, 3.8) is 0 Å². The predicted octanol–water partition coefficient (Wildman–Crippen LogP) is 6.55. The minimum atomic E-state index is 0.391. The molecule has 0 heterocycles. The van der Waals surface area contributed by atoms with E-state index in [1.165, 1.54) is 37.0 Å². The molecule has 0 fully saturated rings. The zero-order valence-corrected chi connectivity index (χ0v) is 14.1.